The highest BCUT2D eigenvalue weighted by molar-refractivity contribution is 7.78. The molecule has 2 unspecified atom stereocenters. The van der Waals surface area contributed by atoms with Crippen molar-refractivity contribution in [2.24, 2.45) is 4.99 Å². The Morgan fingerprint density at radius 1 is 1.53 bits per heavy atom. The molecule has 2 N–H and O–H groups in total. The van der Waals surface area contributed by atoms with Crippen LogP contribution < -0.4 is 0 Å². The molecular weight excluding hydrogens is 242 g/mol. The van der Waals surface area contributed by atoms with Gasteiger partial charge in [-0.05, 0) is 29.9 Å². The van der Waals surface area contributed by atoms with E-state index in [0.717, 1.165) is 7.11 Å². The Kier molecular flexibility index (Phi) is 4.93. The highest BCUT2D eigenvalue weighted by Crippen LogP contribution is 2.22. The molecule has 1 aromatic carbocycles. The van der Waals surface area contributed by atoms with E-state index < -0.39 is 18.2 Å². The van der Waals surface area contributed by atoms with Gasteiger partial charge in [-0.15, -0.1) is 0 Å². The monoisotopic (exact) mass is 253 g/mol. The van der Waals surface area contributed by atoms with Gasteiger partial charge in [-0.25, -0.2) is 4.79 Å². The summed E-state index contributed by atoms with van der Waals surface area (Å²) in [5.74, 6) is -0.902. The zero-order valence-electron chi connectivity index (χ0n) is 9.03. The predicted molar refractivity (Wildman–Crippen MR) is 64.1 cm³/mol. The lowest BCUT2D eigenvalue weighted by Crippen LogP contribution is -2.28. The van der Waals surface area contributed by atoms with Crippen LogP contribution in [0.1, 0.15) is 11.7 Å². The third-order valence-electron chi connectivity index (χ3n) is 2.13. The minimum Gasteiger partial charge on any atom is -0.467 e. The second kappa shape index (κ2) is 6.22. The summed E-state index contributed by atoms with van der Waals surface area (Å²) < 4.78 is 4.33. The third-order valence-corrected chi connectivity index (χ3v) is 2.22. The standard InChI is InChI=1S/C11H11NO4S/c1-16-11(15)10(14)9(13)7-3-2-4-8(5-7)12-6-17/h2-5,9-10,13-14H,1H3. The SMILES string of the molecule is COC(=O)C(O)C(O)c1cccc(N=C=S)c1. The zero-order valence-corrected chi connectivity index (χ0v) is 9.85. The molecule has 0 amide bonds. The van der Waals surface area contributed by atoms with Crippen molar-refractivity contribution in [3.63, 3.8) is 0 Å². The number of aliphatic hydroxyl groups excluding tert-OH is 2. The van der Waals surface area contributed by atoms with Gasteiger partial charge >= 0.3 is 5.97 Å². The van der Waals surface area contributed by atoms with Gasteiger partial charge in [0.15, 0.2) is 6.10 Å². The Labute approximate surface area is 103 Å². The summed E-state index contributed by atoms with van der Waals surface area (Å²) in [6, 6.07) is 6.32. The maximum absolute atomic E-state index is 11.1. The molecule has 0 aliphatic carbocycles. The van der Waals surface area contributed by atoms with E-state index in [1.165, 1.54) is 6.07 Å². The molecule has 0 spiro atoms. The number of esters is 1. The first-order valence-electron chi connectivity index (χ1n) is 4.72. The lowest BCUT2D eigenvalue weighted by Gasteiger charge is -2.15. The number of ether oxygens (including phenoxy) is 1. The molecule has 0 aromatic heterocycles. The Morgan fingerprint density at radius 3 is 2.82 bits per heavy atom. The van der Waals surface area contributed by atoms with E-state index in [-0.39, 0.29) is 0 Å². The molecular formula is C11H11NO4S. The number of benzene rings is 1. The molecule has 0 aliphatic rings. The molecule has 0 heterocycles. The molecule has 1 aromatic rings. The van der Waals surface area contributed by atoms with Gasteiger partial charge in [0.2, 0.25) is 0 Å². The molecule has 0 bridgehead atoms. The van der Waals surface area contributed by atoms with Gasteiger partial charge in [0.05, 0.1) is 18.0 Å². The van der Waals surface area contributed by atoms with Crippen LogP contribution in [0.3, 0.4) is 0 Å². The third kappa shape index (κ3) is 3.44. The second-order valence-corrected chi connectivity index (χ2v) is 3.39. The Balaban J connectivity index is 2.95. The first kappa shape index (κ1) is 13.5. The quantitative estimate of drug-likeness (QED) is 0.475. The van der Waals surface area contributed by atoms with Crippen molar-refractivity contribution in [3.05, 3.63) is 29.8 Å². The first-order chi connectivity index (χ1) is 8.10. The van der Waals surface area contributed by atoms with E-state index in [1.54, 1.807) is 18.2 Å². The minimum absolute atomic E-state index is 0.342. The average molecular weight is 253 g/mol. The number of isothiocyanates is 1. The minimum atomic E-state index is -1.63. The number of methoxy groups -OCH3 is 1. The van der Waals surface area contributed by atoms with Crippen molar-refractivity contribution >= 4 is 29.0 Å². The van der Waals surface area contributed by atoms with E-state index in [1.807, 2.05) is 0 Å². The number of hydrogen-bond acceptors (Lipinski definition) is 6. The molecule has 0 saturated carbocycles. The average Bonchev–Trinajstić information content (AvgIpc) is 2.36. The number of nitrogens with zero attached hydrogens (tertiary/aromatic N) is 1. The number of rotatable bonds is 4. The maximum Gasteiger partial charge on any atom is 0.337 e. The number of thiocarbonyl (C=S) groups is 1. The molecule has 6 heteroatoms. The van der Waals surface area contributed by atoms with E-state index in [9.17, 15) is 15.0 Å². The van der Waals surface area contributed by atoms with Gasteiger partial charge in [-0.3, -0.25) is 0 Å². The fraction of sp³-hybridized carbons (Fsp3) is 0.273. The Bertz CT molecular complexity index is 457. The molecule has 17 heavy (non-hydrogen) atoms. The first-order valence-corrected chi connectivity index (χ1v) is 5.12. The van der Waals surface area contributed by atoms with Gasteiger partial charge in [0, 0.05) is 0 Å². The summed E-state index contributed by atoms with van der Waals surface area (Å²) in [4.78, 5) is 14.8. The fourth-order valence-electron chi connectivity index (χ4n) is 1.26. The Hall–Kier alpha value is -1.59. The molecule has 90 valence electrons. The highest BCUT2D eigenvalue weighted by Gasteiger charge is 2.26. The van der Waals surface area contributed by atoms with Crippen LogP contribution in [0.15, 0.2) is 29.3 Å². The lowest BCUT2D eigenvalue weighted by molar-refractivity contribution is -0.156. The number of aliphatic hydroxyl groups is 2. The van der Waals surface area contributed by atoms with E-state index >= 15 is 0 Å². The van der Waals surface area contributed by atoms with Gasteiger partial charge in [0.25, 0.3) is 0 Å². The van der Waals surface area contributed by atoms with Crippen LogP contribution in [0.5, 0.6) is 0 Å². The van der Waals surface area contributed by atoms with Crippen molar-refractivity contribution in [1.82, 2.24) is 0 Å². The van der Waals surface area contributed by atoms with Crippen LogP contribution in [0.4, 0.5) is 5.69 Å². The van der Waals surface area contributed by atoms with E-state index in [2.05, 4.69) is 27.1 Å². The molecule has 1 rings (SSSR count). The second-order valence-electron chi connectivity index (χ2n) is 3.21. The van der Waals surface area contributed by atoms with Gasteiger partial charge in [-0.1, -0.05) is 12.1 Å². The number of carbonyl (C=O) groups is 1. The maximum atomic E-state index is 11.1. The molecule has 0 saturated heterocycles. The smallest absolute Gasteiger partial charge is 0.337 e. The lowest BCUT2D eigenvalue weighted by atomic mass is 10.0. The van der Waals surface area contributed by atoms with Crippen molar-refractivity contribution in [3.8, 4) is 0 Å². The molecule has 2 atom stereocenters. The topological polar surface area (TPSA) is 79.1 Å². The largest absolute Gasteiger partial charge is 0.467 e. The van der Waals surface area contributed by atoms with Gasteiger partial charge in [0.1, 0.15) is 6.10 Å². The molecule has 0 fully saturated rings. The van der Waals surface area contributed by atoms with Crippen molar-refractivity contribution in [2.75, 3.05) is 7.11 Å². The van der Waals surface area contributed by atoms with Crippen molar-refractivity contribution in [1.29, 1.82) is 0 Å². The summed E-state index contributed by atoms with van der Waals surface area (Å²) in [5.41, 5.74) is 0.822. The fourth-order valence-corrected chi connectivity index (χ4v) is 1.37. The van der Waals surface area contributed by atoms with Crippen molar-refractivity contribution < 1.29 is 19.7 Å². The van der Waals surface area contributed by atoms with E-state index in [0.29, 0.717) is 11.3 Å². The summed E-state index contributed by atoms with van der Waals surface area (Å²) in [6.45, 7) is 0. The number of aliphatic imine (C=N–C) groups is 1. The number of hydrogen-bond donors (Lipinski definition) is 2. The predicted octanol–water partition coefficient (Wildman–Crippen LogP) is 0.988. The summed E-state index contributed by atoms with van der Waals surface area (Å²) >= 11 is 4.45. The van der Waals surface area contributed by atoms with Crippen LogP contribution >= 0.6 is 12.2 Å². The molecule has 0 radical (unpaired) electrons. The Morgan fingerprint density at radius 2 is 2.24 bits per heavy atom. The van der Waals surface area contributed by atoms with Crippen molar-refractivity contribution in [2.45, 2.75) is 12.2 Å². The normalized spacial score (nSPS) is 13.4. The van der Waals surface area contributed by atoms with E-state index in [4.69, 9.17) is 0 Å². The molecule has 0 aliphatic heterocycles. The zero-order chi connectivity index (χ0) is 12.8. The summed E-state index contributed by atoms with van der Waals surface area (Å²) in [5, 5.41) is 21.4. The summed E-state index contributed by atoms with van der Waals surface area (Å²) in [6.07, 6.45) is -3.01. The van der Waals surface area contributed by atoms with Crippen LogP contribution in [-0.4, -0.2) is 34.6 Å². The summed E-state index contributed by atoms with van der Waals surface area (Å²) in [7, 11) is 1.13. The molecule has 5 nitrogen and oxygen atoms in total. The number of carbonyl (C=O) groups excluding carboxylic acids is 1. The van der Waals surface area contributed by atoms with Crippen LogP contribution in [0.25, 0.3) is 0 Å². The highest BCUT2D eigenvalue weighted by atomic mass is 32.1. The van der Waals surface area contributed by atoms with Crippen LogP contribution in [0.2, 0.25) is 0 Å². The van der Waals surface area contributed by atoms with Crippen LogP contribution in [0, 0.1) is 0 Å². The van der Waals surface area contributed by atoms with Gasteiger partial charge in [-0.2, -0.15) is 4.99 Å². The van der Waals surface area contributed by atoms with Gasteiger partial charge < -0.3 is 14.9 Å². The van der Waals surface area contributed by atoms with Crippen LogP contribution in [-0.2, 0) is 9.53 Å².